The predicted molar refractivity (Wildman–Crippen MR) is 49.7 cm³/mol. The van der Waals surface area contributed by atoms with Crippen LogP contribution in [0.1, 0.15) is 0 Å². The molecule has 13 heavy (non-hydrogen) atoms. The van der Waals surface area contributed by atoms with Gasteiger partial charge in [-0.25, -0.2) is 0 Å². The van der Waals surface area contributed by atoms with E-state index in [4.69, 9.17) is 15.6 Å². The summed E-state index contributed by atoms with van der Waals surface area (Å²) in [7, 11) is 0. The number of hydrogen-bond donors (Lipinski definition) is 3. The number of rotatable bonds is 4. The van der Waals surface area contributed by atoms with Gasteiger partial charge >= 0.3 is 0 Å². The Morgan fingerprint density at radius 2 is 2.62 bits per heavy atom. The lowest BCUT2D eigenvalue weighted by Crippen LogP contribution is -2.27. The number of carbonyl (C=O) groups excluding carboxylic acids is 1. The van der Waals surface area contributed by atoms with Crippen LogP contribution in [0, 0.1) is 0 Å². The number of hydrogen-bond acceptors (Lipinski definition) is 5. The Labute approximate surface area is 80.3 Å². The zero-order valence-electron chi connectivity index (χ0n) is 6.97. The molecule has 0 aromatic heterocycles. The van der Waals surface area contributed by atoms with Crippen LogP contribution in [-0.2, 0) is 9.53 Å². The van der Waals surface area contributed by atoms with Crippen LogP contribution in [-0.4, -0.2) is 35.0 Å². The molecule has 0 aliphatic carbocycles. The van der Waals surface area contributed by atoms with E-state index in [1.54, 1.807) is 0 Å². The zero-order valence-corrected chi connectivity index (χ0v) is 7.79. The summed E-state index contributed by atoms with van der Waals surface area (Å²) >= 11 is 1.52. The highest BCUT2D eigenvalue weighted by Gasteiger charge is 2.23. The fourth-order valence-electron chi connectivity index (χ4n) is 0.877. The molecule has 1 aliphatic heterocycles. The summed E-state index contributed by atoms with van der Waals surface area (Å²) in [6, 6.07) is 0. The molecular weight excluding hydrogens is 192 g/mol. The van der Waals surface area contributed by atoms with Gasteiger partial charge in [0.25, 0.3) is 0 Å². The Morgan fingerprint density at radius 3 is 3.15 bits per heavy atom. The van der Waals surface area contributed by atoms with Gasteiger partial charge in [0.1, 0.15) is 11.7 Å². The molecule has 0 aromatic carbocycles. The van der Waals surface area contributed by atoms with E-state index in [9.17, 15) is 4.79 Å². The van der Waals surface area contributed by atoms with Gasteiger partial charge in [-0.3, -0.25) is 4.79 Å². The van der Waals surface area contributed by atoms with Crippen LogP contribution in [0.4, 0.5) is 0 Å². The van der Waals surface area contributed by atoms with E-state index in [1.807, 2.05) is 0 Å². The predicted octanol–water partition coefficient (Wildman–Crippen LogP) is -1.02. The van der Waals surface area contributed by atoms with Crippen molar-refractivity contribution in [2.24, 2.45) is 5.73 Å². The summed E-state index contributed by atoms with van der Waals surface area (Å²) in [6.45, 7) is 0.00236. The van der Waals surface area contributed by atoms with Crippen molar-refractivity contribution in [2.75, 3.05) is 12.4 Å². The van der Waals surface area contributed by atoms with Crippen LogP contribution in [0.25, 0.3) is 0 Å². The molecule has 1 heterocycles. The second-order valence-corrected chi connectivity index (χ2v) is 3.67. The topological polar surface area (TPSA) is 84.6 Å². The van der Waals surface area contributed by atoms with Gasteiger partial charge < -0.3 is 20.9 Å². The third-order valence-corrected chi connectivity index (χ3v) is 2.56. The monoisotopic (exact) mass is 204 g/mol. The average Bonchev–Trinajstić information content (AvgIpc) is 2.52. The number of thioether (sulfide) groups is 1. The molecule has 1 aliphatic rings. The van der Waals surface area contributed by atoms with Crippen molar-refractivity contribution in [3.8, 4) is 0 Å². The van der Waals surface area contributed by atoms with Gasteiger partial charge in [0.2, 0.25) is 5.91 Å². The smallest absolute Gasteiger partial charge is 0.242 e. The molecular formula is C7H12N2O3S. The summed E-state index contributed by atoms with van der Waals surface area (Å²) in [6.07, 6.45) is 2.52. The first-order valence-electron chi connectivity index (χ1n) is 3.82. The van der Waals surface area contributed by atoms with Crippen molar-refractivity contribution < 1.29 is 14.6 Å². The SMILES string of the molecule is NC(=O)/C=C\N[C@H]1CS[C@@H](CO)O1. The minimum Gasteiger partial charge on any atom is -0.393 e. The summed E-state index contributed by atoms with van der Waals surface area (Å²) in [5, 5.41) is 11.6. The maximum atomic E-state index is 10.3. The highest BCUT2D eigenvalue weighted by molar-refractivity contribution is 8.00. The Bertz CT molecular complexity index is 210. The molecule has 2 atom stereocenters. The highest BCUT2D eigenvalue weighted by Crippen LogP contribution is 2.22. The molecule has 1 amide bonds. The molecule has 0 aromatic rings. The van der Waals surface area contributed by atoms with Gasteiger partial charge in [0, 0.05) is 18.0 Å². The average molecular weight is 204 g/mol. The van der Waals surface area contributed by atoms with E-state index in [-0.39, 0.29) is 18.3 Å². The van der Waals surface area contributed by atoms with Crippen molar-refractivity contribution in [3.05, 3.63) is 12.3 Å². The molecule has 1 fully saturated rings. The number of nitrogens with one attached hydrogen (secondary N) is 1. The quantitative estimate of drug-likeness (QED) is 0.511. The van der Waals surface area contributed by atoms with Crippen LogP contribution in [0.3, 0.4) is 0 Å². The third kappa shape index (κ3) is 3.67. The fourth-order valence-corrected chi connectivity index (χ4v) is 1.76. The van der Waals surface area contributed by atoms with Crippen molar-refractivity contribution in [1.29, 1.82) is 0 Å². The van der Waals surface area contributed by atoms with Gasteiger partial charge in [-0.1, -0.05) is 0 Å². The molecule has 1 saturated heterocycles. The van der Waals surface area contributed by atoms with Crippen molar-refractivity contribution >= 4 is 17.7 Å². The number of primary amides is 1. The number of carbonyl (C=O) groups is 1. The number of ether oxygens (including phenoxy) is 1. The molecule has 74 valence electrons. The van der Waals surface area contributed by atoms with Gasteiger partial charge in [-0.05, 0) is 0 Å². The number of aliphatic hydroxyl groups excluding tert-OH is 1. The number of aliphatic hydroxyl groups is 1. The Hall–Kier alpha value is -0.720. The molecule has 0 spiro atoms. The first kappa shape index (κ1) is 10.4. The van der Waals surface area contributed by atoms with Gasteiger partial charge in [0.05, 0.1) is 6.61 Å². The first-order valence-corrected chi connectivity index (χ1v) is 4.87. The van der Waals surface area contributed by atoms with Crippen LogP contribution in [0.5, 0.6) is 0 Å². The minimum atomic E-state index is -0.503. The molecule has 6 heteroatoms. The molecule has 4 N–H and O–H groups in total. The largest absolute Gasteiger partial charge is 0.393 e. The van der Waals surface area contributed by atoms with E-state index in [0.29, 0.717) is 0 Å². The lowest BCUT2D eigenvalue weighted by Gasteiger charge is -2.09. The minimum absolute atomic E-state index is 0.00236. The summed E-state index contributed by atoms with van der Waals surface area (Å²) in [4.78, 5) is 10.3. The van der Waals surface area contributed by atoms with Crippen LogP contribution in [0.2, 0.25) is 0 Å². The summed E-state index contributed by atoms with van der Waals surface area (Å²) < 4.78 is 5.29. The van der Waals surface area contributed by atoms with Crippen LogP contribution < -0.4 is 11.1 Å². The van der Waals surface area contributed by atoms with E-state index in [1.165, 1.54) is 24.0 Å². The van der Waals surface area contributed by atoms with Gasteiger partial charge in [0.15, 0.2) is 0 Å². The Morgan fingerprint density at radius 1 is 1.85 bits per heavy atom. The van der Waals surface area contributed by atoms with E-state index >= 15 is 0 Å². The third-order valence-electron chi connectivity index (χ3n) is 1.43. The number of amides is 1. The zero-order chi connectivity index (χ0) is 9.68. The first-order chi connectivity index (χ1) is 6.22. The second-order valence-electron chi connectivity index (χ2n) is 2.47. The molecule has 0 bridgehead atoms. The lowest BCUT2D eigenvalue weighted by atomic mass is 10.5. The van der Waals surface area contributed by atoms with E-state index in [0.717, 1.165) is 5.75 Å². The van der Waals surface area contributed by atoms with Crippen molar-refractivity contribution in [2.45, 2.75) is 11.7 Å². The fraction of sp³-hybridized carbons (Fsp3) is 0.571. The highest BCUT2D eigenvalue weighted by atomic mass is 32.2. The molecule has 1 rings (SSSR count). The Balaban J connectivity index is 2.20. The molecule has 5 nitrogen and oxygen atoms in total. The van der Waals surface area contributed by atoms with E-state index in [2.05, 4.69) is 5.32 Å². The van der Waals surface area contributed by atoms with Crippen molar-refractivity contribution in [1.82, 2.24) is 5.32 Å². The number of nitrogens with two attached hydrogens (primary N) is 1. The van der Waals surface area contributed by atoms with Crippen molar-refractivity contribution in [3.63, 3.8) is 0 Å². The molecule has 0 saturated carbocycles. The van der Waals surface area contributed by atoms with E-state index < -0.39 is 5.91 Å². The Kier molecular flexibility index (Phi) is 4.07. The summed E-state index contributed by atoms with van der Waals surface area (Å²) in [5.41, 5.74) is 4.71. The normalized spacial score (nSPS) is 28.1. The molecule has 0 unspecified atom stereocenters. The second kappa shape index (κ2) is 5.11. The van der Waals surface area contributed by atoms with Crippen LogP contribution in [0.15, 0.2) is 12.3 Å². The lowest BCUT2D eigenvalue weighted by molar-refractivity contribution is -0.113. The maximum absolute atomic E-state index is 10.3. The maximum Gasteiger partial charge on any atom is 0.242 e. The van der Waals surface area contributed by atoms with Gasteiger partial charge in [-0.2, -0.15) is 0 Å². The molecule has 0 radical (unpaired) electrons. The summed E-state index contributed by atoms with van der Waals surface area (Å²) in [5.74, 6) is 0.241. The van der Waals surface area contributed by atoms with Gasteiger partial charge in [-0.15, -0.1) is 11.8 Å². The standard InChI is InChI=1S/C7H12N2O3S/c8-5(11)1-2-9-6-4-13-7(3-10)12-6/h1-2,6-7,9-10H,3-4H2,(H2,8,11)/b2-1-/t6-,7+/m1/s1. The van der Waals surface area contributed by atoms with Crippen LogP contribution >= 0.6 is 11.8 Å².